The number of nitrogen functional groups attached to an aromatic ring is 1. The van der Waals surface area contributed by atoms with Crippen molar-refractivity contribution in [3.05, 3.63) is 16.7 Å². The van der Waals surface area contributed by atoms with Crippen LogP contribution in [0.5, 0.6) is 0 Å². The zero-order chi connectivity index (χ0) is 12.5. The fourth-order valence-electron chi connectivity index (χ4n) is 2.35. The van der Waals surface area contributed by atoms with Gasteiger partial charge in [-0.2, -0.15) is 0 Å². The van der Waals surface area contributed by atoms with Crippen molar-refractivity contribution in [3.8, 4) is 0 Å². The molecule has 0 aliphatic carbocycles. The molecule has 94 valence electrons. The molecule has 0 atom stereocenters. The summed E-state index contributed by atoms with van der Waals surface area (Å²) in [5.41, 5.74) is 7.24. The van der Waals surface area contributed by atoms with Gasteiger partial charge in [0.25, 0.3) is 0 Å². The lowest BCUT2D eigenvalue weighted by atomic mass is 9.85. The lowest BCUT2D eigenvalue weighted by Crippen LogP contribution is -2.26. The van der Waals surface area contributed by atoms with Gasteiger partial charge in [-0.3, -0.25) is 0 Å². The fraction of sp³-hybridized carbons (Fsp3) is 0.615. The fourth-order valence-corrected chi connectivity index (χ4v) is 2.70. The second-order valence-electron chi connectivity index (χ2n) is 5.57. The maximum Gasteiger partial charge on any atom is 0.151 e. The van der Waals surface area contributed by atoms with Gasteiger partial charge in [0.15, 0.2) is 5.82 Å². The van der Waals surface area contributed by atoms with Crippen LogP contribution in [-0.4, -0.2) is 18.1 Å². The van der Waals surface area contributed by atoms with Crippen molar-refractivity contribution < 1.29 is 0 Å². The van der Waals surface area contributed by atoms with E-state index in [4.69, 9.17) is 5.73 Å². The number of nitrogens with zero attached hydrogens (tertiary/aromatic N) is 2. The highest BCUT2D eigenvalue weighted by Gasteiger charge is 2.24. The van der Waals surface area contributed by atoms with Crippen molar-refractivity contribution >= 4 is 27.4 Å². The van der Waals surface area contributed by atoms with Gasteiger partial charge in [0.05, 0.1) is 5.69 Å². The van der Waals surface area contributed by atoms with Gasteiger partial charge in [0, 0.05) is 23.8 Å². The van der Waals surface area contributed by atoms with Crippen LogP contribution >= 0.6 is 15.9 Å². The molecule has 0 unspecified atom stereocenters. The molecule has 1 fully saturated rings. The highest BCUT2D eigenvalue weighted by molar-refractivity contribution is 9.10. The first kappa shape index (κ1) is 12.7. The molecular weight excluding hydrogens is 278 g/mol. The van der Waals surface area contributed by atoms with Crippen molar-refractivity contribution in [3.63, 3.8) is 0 Å². The minimum Gasteiger partial charge on any atom is -0.396 e. The molecule has 3 nitrogen and oxygen atoms in total. The number of hydrogen-bond donors (Lipinski definition) is 1. The van der Waals surface area contributed by atoms with E-state index in [1.165, 1.54) is 19.3 Å². The Labute approximate surface area is 112 Å². The van der Waals surface area contributed by atoms with Crippen LogP contribution in [0.4, 0.5) is 11.5 Å². The molecule has 1 aromatic rings. The van der Waals surface area contributed by atoms with E-state index in [2.05, 4.69) is 39.7 Å². The number of halogens is 1. The van der Waals surface area contributed by atoms with Crippen molar-refractivity contribution in [2.24, 2.45) is 5.41 Å². The first-order valence-electron chi connectivity index (χ1n) is 6.14. The van der Waals surface area contributed by atoms with Gasteiger partial charge >= 0.3 is 0 Å². The van der Waals surface area contributed by atoms with Crippen LogP contribution in [-0.2, 0) is 0 Å². The molecule has 0 bridgehead atoms. The first-order chi connectivity index (χ1) is 7.98. The first-order valence-corrected chi connectivity index (χ1v) is 6.93. The maximum atomic E-state index is 6.04. The standard InChI is InChI=1S/C13H20BrN3/c1-13(2)4-3-6-17(7-5-13)12-11(15)8-10(14)9-16-12/h8-9H,3-7,15H2,1-2H3. The van der Waals surface area contributed by atoms with Gasteiger partial charge in [0.1, 0.15) is 0 Å². The number of pyridine rings is 1. The smallest absolute Gasteiger partial charge is 0.151 e. The number of aromatic nitrogens is 1. The molecule has 2 N–H and O–H groups in total. The Bertz CT molecular complexity index is 404. The quantitative estimate of drug-likeness (QED) is 0.863. The number of hydrogen-bond acceptors (Lipinski definition) is 3. The van der Waals surface area contributed by atoms with Gasteiger partial charge in [0.2, 0.25) is 0 Å². The lowest BCUT2D eigenvalue weighted by molar-refractivity contribution is 0.325. The SMILES string of the molecule is CC1(C)CCCN(c2ncc(Br)cc2N)CC1. The Kier molecular flexibility index (Phi) is 3.61. The third-order valence-corrected chi connectivity index (χ3v) is 3.94. The van der Waals surface area contributed by atoms with Crippen molar-refractivity contribution in [1.29, 1.82) is 0 Å². The van der Waals surface area contributed by atoms with E-state index in [1.807, 2.05) is 12.3 Å². The number of nitrogens with two attached hydrogens (primary N) is 1. The van der Waals surface area contributed by atoms with Crippen LogP contribution in [0, 0.1) is 5.41 Å². The summed E-state index contributed by atoms with van der Waals surface area (Å²) >= 11 is 3.39. The average molecular weight is 298 g/mol. The topological polar surface area (TPSA) is 42.2 Å². The van der Waals surface area contributed by atoms with E-state index in [1.54, 1.807) is 0 Å². The molecule has 1 aliphatic rings. The van der Waals surface area contributed by atoms with Crippen LogP contribution in [0.15, 0.2) is 16.7 Å². The zero-order valence-corrected chi connectivity index (χ0v) is 12.1. The second kappa shape index (κ2) is 4.84. The summed E-state index contributed by atoms with van der Waals surface area (Å²) in [6.07, 6.45) is 5.51. The summed E-state index contributed by atoms with van der Waals surface area (Å²) in [5, 5.41) is 0. The Hall–Kier alpha value is -0.770. The van der Waals surface area contributed by atoms with Crippen LogP contribution in [0.25, 0.3) is 0 Å². The largest absolute Gasteiger partial charge is 0.396 e. The summed E-state index contributed by atoms with van der Waals surface area (Å²) in [6, 6.07) is 1.93. The predicted molar refractivity (Wildman–Crippen MR) is 76.2 cm³/mol. The van der Waals surface area contributed by atoms with Crippen molar-refractivity contribution in [2.45, 2.75) is 33.1 Å². The molecule has 2 heterocycles. The van der Waals surface area contributed by atoms with Crippen LogP contribution in [0.2, 0.25) is 0 Å². The van der Waals surface area contributed by atoms with E-state index >= 15 is 0 Å². The Morgan fingerprint density at radius 3 is 2.82 bits per heavy atom. The van der Waals surface area contributed by atoms with Crippen LogP contribution in [0.1, 0.15) is 33.1 Å². The highest BCUT2D eigenvalue weighted by atomic mass is 79.9. The lowest BCUT2D eigenvalue weighted by Gasteiger charge is -2.25. The molecule has 0 aromatic carbocycles. The summed E-state index contributed by atoms with van der Waals surface area (Å²) in [4.78, 5) is 6.76. The van der Waals surface area contributed by atoms with Crippen LogP contribution in [0.3, 0.4) is 0 Å². The van der Waals surface area contributed by atoms with E-state index in [9.17, 15) is 0 Å². The Morgan fingerprint density at radius 1 is 1.35 bits per heavy atom. The summed E-state index contributed by atoms with van der Waals surface area (Å²) in [7, 11) is 0. The van der Waals surface area contributed by atoms with Crippen molar-refractivity contribution in [1.82, 2.24) is 4.98 Å². The third kappa shape index (κ3) is 3.12. The molecule has 0 amide bonds. The number of anilines is 2. The van der Waals surface area contributed by atoms with E-state index < -0.39 is 0 Å². The highest BCUT2D eigenvalue weighted by Crippen LogP contribution is 2.33. The summed E-state index contributed by atoms with van der Waals surface area (Å²) in [5.74, 6) is 0.936. The molecule has 17 heavy (non-hydrogen) atoms. The van der Waals surface area contributed by atoms with Crippen LogP contribution < -0.4 is 10.6 Å². The van der Waals surface area contributed by atoms with E-state index in [0.717, 1.165) is 29.1 Å². The molecule has 1 saturated heterocycles. The van der Waals surface area contributed by atoms with Gasteiger partial charge in [-0.15, -0.1) is 0 Å². The molecule has 0 radical (unpaired) electrons. The molecule has 1 aromatic heterocycles. The summed E-state index contributed by atoms with van der Waals surface area (Å²) in [6.45, 7) is 6.79. The average Bonchev–Trinajstić information content (AvgIpc) is 2.40. The Morgan fingerprint density at radius 2 is 2.12 bits per heavy atom. The second-order valence-corrected chi connectivity index (χ2v) is 6.49. The minimum absolute atomic E-state index is 0.443. The number of rotatable bonds is 1. The summed E-state index contributed by atoms with van der Waals surface area (Å²) < 4.78 is 0.939. The Balaban J connectivity index is 2.17. The molecule has 2 rings (SSSR count). The normalized spacial score (nSPS) is 20.1. The monoisotopic (exact) mass is 297 g/mol. The van der Waals surface area contributed by atoms with Gasteiger partial charge < -0.3 is 10.6 Å². The zero-order valence-electron chi connectivity index (χ0n) is 10.5. The molecule has 4 heteroatoms. The van der Waals surface area contributed by atoms with E-state index in [0.29, 0.717) is 5.41 Å². The molecular formula is C13H20BrN3. The van der Waals surface area contributed by atoms with E-state index in [-0.39, 0.29) is 0 Å². The van der Waals surface area contributed by atoms with Crippen molar-refractivity contribution in [2.75, 3.05) is 23.7 Å². The van der Waals surface area contributed by atoms with Gasteiger partial charge in [-0.05, 0) is 46.7 Å². The van der Waals surface area contributed by atoms with Gasteiger partial charge in [-0.1, -0.05) is 13.8 Å². The minimum atomic E-state index is 0.443. The third-order valence-electron chi connectivity index (χ3n) is 3.50. The molecule has 1 aliphatic heterocycles. The molecule has 0 spiro atoms. The molecule has 0 saturated carbocycles. The van der Waals surface area contributed by atoms with Gasteiger partial charge in [-0.25, -0.2) is 4.98 Å². The predicted octanol–water partition coefficient (Wildman–Crippen LogP) is 3.44. The maximum absolute atomic E-state index is 6.04.